The van der Waals surface area contributed by atoms with E-state index < -0.39 is 5.97 Å². The maximum atomic E-state index is 11.6. The lowest BCUT2D eigenvalue weighted by molar-refractivity contribution is -0.137. The molecule has 5 nitrogen and oxygen atoms in total. The lowest BCUT2D eigenvalue weighted by Crippen LogP contribution is -2.42. The summed E-state index contributed by atoms with van der Waals surface area (Å²) in [5.74, 6) is 1.22. The number of thioether (sulfide) groups is 1. The lowest BCUT2D eigenvalue weighted by Gasteiger charge is -2.20. The highest BCUT2D eigenvalue weighted by Gasteiger charge is 2.12. The van der Waals surface area contributed by atoms with Gasteiger partial charge in [0.2, 0.25) is 0 Å². The molecule has 1 atom stereocenters. The van der Waals surface area contributed by atoms with E-state index in [-0.39, 0.29) is 25.0 Å². The Morgan fingerprint density at radius 3 is 2.65 bits per heavy atom. The van der Waals surface area contributed by atoms with E-state index in [2.05, 4.69) is 12.2 Å². The Balaban J connectivity index is 3.78. The van der Waals surface area contributed by atoms with Gasteiger partial charge in [0, 0.05) is 19.6 Å². The van der Waals surface area contributed by atoms with Gasteiger partial charge in [-0.2, -0.15) is 11.8 Å². The molecule has 0 aliphatic heterocycles. The third kappa shape index (κ3) is 8.85. The van der Waals surface area contributed by atoms with Gasteiger partial charge in [0.15, 0.2) is 0 Å². The van der Waals surface area contributed by atoms with E-state index in [9.17, 15) is 9.59 Å². The number of carbonyl (C=O) groups is 2. The minimum absolute atomic E-state index is 0.0238. The number of amides is 2. The Kier molecular flexibility index (Phi) is 8.66. The predicted octanol–water partition coefficient (Wildman–Crippen LogP) is 1.63. The fourth-order valence-electron chi connectivity index (χ4n) is 1.16. The Morgan fingerprint density at radius 2 is 2.12 bits per heavy atom. The van der Waals surface area contributed by atoms with Crippen molar-refractivity contribution in [3.8, 4) is 0 Å². The number of hydrogen-bond acceptors (Lipinski definition) is 3. The Hall–Kier alpha value is -0.910. The molecule has 2 N–H and O–H groups in total. The molecule has 0 spiro atoms. The second-order valence-corrected chi connectivity index (χ2v) is 5.30. The predicted molar refractivity (Wildman–Crippen MR) is 70.5 cm³/mol. The normalized spacial score (nSPS) is 11.9. The molecule has 0 radical (unpaired) electrons. The van der Waals surface area contributed by atoms with Crippen molar-refractivity contribution in [1.82, 2.24) is 10.2 Å². The lowest BCUT2D eigenvalue weighted by atomic mass is 10.3. The van der Waals surface area contributed by atoms with Crippen LogP contribution in [-0.4, -0.2) is 53.1 Å². The topological polar surface area (TPSA) is 69.6 Å². The SMILES string of the molecule is CCSCCC(C)NC(=O)N(C)CCC(=O)O. The molecule has 0 rings (SSSR count). The first kappa shape index (κ1) is 16.1. The van der Waals surface area contributed by atoms with E-state index in [1.165, 1.54) is 4.90 Å². The van der Waals surface area contributed by atoms with E-state index >= 15 is 0 Å². The van der Waals surface area contributed by atoms with E-state index in [1.54, 1.807) is 7.05 Å². The summed E-state index contributed by atoms with van der Waals surface area (Å²) in [6.07, 6.45) is 0.904. The molecular weight excluding hydrogens is 240 g/mol. The van der Waals surface area contributed by atoms with Crippen LogP contribution in [0.2, 0.25) is 0 Å². The van der Waals surface area contributed by atoms with Crippen LogP contribution in [0.5, 0.6) is 0 Å². The second kappa shape index (κ2) is 9.15. The summed E-state index contributed by atoms with van der Waals surface area (Å²) in [6, 6.07) is -0.0888. The van der Waals surface area contributed by atoms with Crippen LogP contribution < -0.4 is 5.32 Å². The van der Waals surface area contributed by atoms with Gasteiger partial charge in [-0.25, -0.2) is 4.79 Å². The minimum Gasteiger partial charge on any atom is -0.481 e. The summed E-state index contributed by atoms with van der Waals surface area (Å²) in [5, 5.41) is 11.4. The van der Waals surface area contributed by atoms with Gasteiger partial charge in [-0.15, -0.1) is 0 Å². The number of aliphatic carboxylic acids is 1. The number of rotatable bonds is 8. The van der Waals surface area contributed by atoms with E-state index in [0.717, 1.165) is 17.9 Å². The first-order valence-corrected chi connectivity index (χ1v) is 6.94. The molecule has 0 aromatic heterocycles. The third-order valence-electron chi connectivity index (χ3n) is 2.28. The van der Waals surface area contributed by atoms with Crippen molar-refractivity contribution >= 4 is 23.8 Å². The summed E-state index contributed by atoms with van der Waals surface area (Å²) in [7, 11) is 1.60. The maximum absolute atomic E-state index is 11.6. The molecule has 0 saturated carbocycles. The molecule has 0 aliphatic carbocycles. The van der Waals surface area contributed by atoms with E-state index in [1.807, 2.05) is 18.7 Å². The van der Waals surface area contributed by atoms with E-state index in [4.69, 9.17) is 5.11 Å². The summed E-state index contributed by atoms with van der Waals surface area (Å²) < 4.78 is 0. The first-order valence-electron chi connectivity index (χ1n) is 5.78. The molecule has 100 valence electrons. The fourth-order valence-corrected chi connectivity index (χ4v) is 1.97. The first-order chi connectivity index (χ1) is 7.97. The summed E-state index contributed by atoms with van der Waals surface area (Å²) in [5.41, 5.74) is 0. The van der Waals surface area contributed by atoms with Crippen molar-refractivity contribution in [2.24, 2.45) is 0 Å². The third-order valence-corrected chi connectivity index (χ3v) is 3.21. The highest BCUT2D eigenvalue weighted by atomic mass is 32.2. The molecule has 17 heavy (non-hydrogen) atoms. The Morgan fingerprint density at radius 1 is 1.47 bits per heavy atom. The van der Waals surface area contributed by atoms with Gasteiger partial charge in [-0.3, -0.25) is 4.79 Å². The van der Waals surface area contributed by atoms with Crippen LogP contribution in [0, 0.1) is 0 Å². The molecule has 0 heterocycles. The van der Waals surface area contributed by atoms with Gasteiger partial charge in [0.1, 0.15) is 0 Å². The number of carboxylic acid groups (broad SMARTS) is 1. The molecule has 0 aromatic rings. The number of hydrogen-bond donors (Lipinski definition) is 2. The average molecular weight is 262 g/mol. The van der Waals surface area contributed by atoms with Gasteiger partial charge >= 0.3 is 12.0 Å². The highest BCUT2D eigenvalue weighted by molar-refractivity contribution is 7.99. The zero-order chi connectivity index (χ0) is 13.3. The number of carboxylic acids is 1. The van der Waals surface area contributed by atoms with Gasteiger partial charge < -0.3 is 15.3 Å². The standard InChI is InChI=1S/C11H22N2O3S/c1-4-17-8-6-9(2)12-11(16)13(3)7-5-10(14)15/h9H,4-8H2,1-3H3,(H,12,16)(H,14,15). The molecule has 1 unspecified atom stereocenters. The zero-order valence-corrected chi connectivity index (χ0v) is 11.5. The van der Waals surface area contributed by atoms with Crippen LogP contribution in [0.1, 0.15) is 26.7 Å². The van der Waals surface area contributed by atoms with Crippen LogP contribution in [0.25, 0.3) is 0 Å². The maximum Gasteiger partial charge on any atom is 0.317 e. The van der Waals surface area contributed by atoms with Crippen LogP contribution in [0.15, 0.2) is 0 Å². The second-order valence-electron chi connectivity index (χ2n) is 3.90. The van der Waals surface area contributed by atoms with Crippen molar-refractivity contribution in [2.75, 3.05) is 25.1 Å². The summed E-state index contributed by atoms with van der Waals surface area (Å²) in [4.78, 5) is 23.4. The van der Waals surface area contributed by atoms with Crippen LogP contribution in [0.4, 0.5) is 4.79 Å². The van der Waals surface area contributed by atoms with Gasteiger partial charge in [0.25, 0.3) is 0 Å². The van der Waals surface area contributed by atoms with Crippen molar-refractivity contribution in [1.29, 1.82) is 0 Å². The fraction of sp³-hybridized carbons (Fsp3) is 0.818. The smallest absolute Gasteiger partial charge is 0.317 e. The quantitative estimate of drug-likeness (QED) is 0.652. The number of urea groups is 1. The van der Waals surface area contributed by atoms with Crippen molar-refractivity contribution in [3.05, 3.63) is 0 Å². The Labute approximate surface area is 107 Å². The monoisotopic (exact) mass is 262 g/mol. The molecule has 0 saturated heterocycles. The van der Waals surface area contributed by atoms with Gasteiger partial charge in [-0.1, -0.05) is 6.92 Å². The van der Waals surface area contributed by atoms with Gasteiger partial charge in [0.05, 0.1) is 6.42 Å². The minimum atomic E-state index is -0.892. The summed E-state index contributed by atoms with van der Waals surface area (Å²) in [6.45, 7) is 4.30. The summed E-state index contributed by atoms with van der Waals surface area (Å²) >= 11 is 1.84. The number of nitrogens with one attached hydrogen (secondary N) is 1. The number of carbonyl (C=O) groups excluding carboxylic acids is 1. The van der Waals surface area contributed by atoms with Crippen molar-refractivity contribution in [3.63, 3.8) is 0 Å². The average Bonchev–Trinajstić information content (AvgIpc) is 2.26. The molecule has 0 fully saturated rings. The van der Waals surface area contributed by atoms with Crippen LogP contribution in [0.3, 0.4) is 0 Å². The molecule has 6 heteroatoms. The van der Waals surface area contributed by atoms with Crippen molar-refractivity contribution < 1.29 is 14.7 Å². The largest absolute Gasteiger partial charge is 0.481 e. The number of nitrogens with zero attached hydrogens (tertiary/aromatic N) is 1. The molecular formula is C11H22N2O3S. The molecule has 0 aliphatic rings. The Bertz CT molecular complexity index is 249. The molecule has 0 aromatic carbocycles. The van der Waals surface area contributed by atoms with Crippen molar-refractivity contribution in [2.45, 2.75) is 32.7 Å². The van der Waals surface area contributed by atoms with Gasteiger partial charge in [-0.05, 0) is 24.9 Å². The highest BCUT2D eigenvalue weighted by Crippen LogP contribution is 2.04. The van der Waals surface area contributed by atoms with Crippen LogP contribution >= 0.6 is 11.8 Å². The molecule has 0 bridgehead atoms. The zero-order valence-electron chi connectivity index (χ0n) is 10.7. The molecule has 2 amide bonds. The van der Waals surface area contributed by atoms with E-state index in [0.29, 0.717) is 0 Å². The van der Waals surface area contributed by atoms with Crippen LogP contribution in [-0.2, 0) is 4.79 Å².